The molecule has 20 heavy (non-hydrogen) atoms. The van der Waals surface area contributed by atoms with Gasteiger partial charge in [0.1, 0.15) is 0 Å². The molecule has 1 unspecified atom stereocenters. The second-order valence-corrected chi connectivity index (χ2v) is 6.06. The summed E-state index contributed by atoms with van der Waals surface area (Å²) >= 11 is 1.30. The Morgan fingerprint density at radius 3 is 3.00 bits per heavy atom. The fourth-order valence-electron chi connectivity index (χ4n) is 2.26. The molecule has 2 heterocycles. The maximum Gasteiger partial charge on any atom is 0.328 e. The van der Waals surface area contributed by atoms with Gasteiger partial charge in [-0.05, 0) is 44.6 Å². The van der Waals surface area contributed by atoms with Gasteiger partial charge in [-0.1, -0.05) is 0 Å². The van der Waals surface area contributed by atoms with Crippen LogP contribution >= 0.6 is 11.3 Å². The minimum Gasteiger partial charge on any atom is -0.478 e. The van der Waals surface area contributed by atoms with Crippen molar-refractivity contribution in [3.8, 4) is 0 Å². The Morgan fingerprint density at radius 2 is 2.30 bits per heavy atom. The molecule has 108 valence electrons. The highest BCUT2D eigenvalue weighted by atomic mass is 32.1. The Labute approximate surface area is 121 Å². The van der Waals surface area contributed by atoms with E-state index in [-0.39, 0.29) is 11.9 Å². The van der Waals surface area contributed by atoms with Gasteiger partial charge in [0.05, 0.1) is 4.88 Å². The molecule has 1 amide bonds. The van der Waals surface area contributed by atoms with E-state index in [0.717, 1.165) is 36.9 Å². The van der Waals surface area contributed by atoms with Crippen LogP contribution in [-0.4, -0.2) is 48.1 Å². The maximum atomic E-state index is 12.1. The first-order valence-corrected chi connectivity index (χ1v) is 7.36. The van der Waals surface area contributed by atoms with Gasteiger partial charge in [-0.25, -0.2) is 4.79 Å². The van der Waals surface area contributed by atoms with Crippen molar-refractivity contribution in [2.45, 2.75) is 18.9 Å². The summed E-state index contributed by atoms with van der Waals surface area (Å²) in [5.41, 5.74) is 0. The van der Waals surface area contributed by atoms with Crippen molar-refractivity contribution in [2.24, 2.45) is 0 Å². The number of carbonyl (C=O) groups excluding carboxylic acids is 1. The molecule has 0 bridgehead atoms. The van der Waals surface area contributed by atoms with Crippen LogP contribution in [0.15, 0.2) is 18.2 Å². The number of carboxylic acid groups (broad SMARTS) is 1. The number of likely N-dealkylation sites (N-methyl/N-ethyl adjacent to an activating group) is 1. The molecule has 1 aliphatic heterocycles. The lowest BCUT2D eigenvalue weighted by Gasteiger charge is -2.30. The quantitative estimate of drug-likeness (QED) is 0.829. The summed E-state index contributed by atoms with van der Waals surface area (Å²) in [6, 6.07) is 3.68. The van der Waals surface area contributed by atoms with Crippen LogP contribution in [-0.2, 0) is 4.79 Å². The summed E-state index contributed by atoms with van der Waals surface area (Å²) in [5.74, 6) is -1.07. The van der Waals surface area contributed by atoms with Gasteiger partial charge >= 0.3 is 5.97 Å². The summed E-state index contributed by atoms with van der Waals surface area (Å²) in [6.45, 7) is 1.96. The SMILES string of the molecule is CN1CCCC(NC(=O)c2ccc(C=CC(=O)O)s2)C1. The van der Waals surface area contributed by atoms with Crippen LogP contribution in [0.3, 0.4) is 0 Å². The largest absolute Gasteiger partial charge is 0.478 e. The van der Waals surface area contributed by atoms with Gasteiger partial charge in [0.15, 0.2) is 0 Å². The number of hydrogen-bond acceptors (Lipinski definition) is 4. The highest BCUT2D eigenvalue weighted by Crippen LogP contribution is 2.18. The first kappa shape index (κ1) is 14.7. The Bertz CT molecular complexity index is 524. The summed E-state index contributed by atoms with van der Waals surface area (Å²) in [5, 5.41) is 11.6. The average molecular weight is 294 g/mol. The molecule has 0 spiro atoms. The number of nitrogens with one attached hydrogen (secondary N) is 1. The van der Waals surface area contributed by atoms with Crippen LogP contribution in [0.25, 0.3) is 6.08 Å². The van der Waals surface area contributed by atoms with Gasteiger partial charge in [0.25, 0.3) is 5.91 Å². The Hall–Kier alpha value is -1.66. The fourth-order valence-corrected chi connectivity index (χ4v) is 3.07. The van der Waals surface area contributed by atoms with E-state index in [1.165, 1.54) is 17.4 Å². The number of piperidine rings is 1. The number of likely N-dealkylation sites (tertiary alicyclic amines) is 1. The summed E-state index contributed by atoms with van der Waals surface area (Å²) < 4.78 is 0. The number of nitrogens with zero attached hydrogens (tertiary/aromatic N) is 1. The number of carboxylic acids is 1. The summed E-state index contributed by atoms with van der Waals surface area (Å²) in [7, 11) is 2.05. The molecule has 2 rings (SSSR count). The predicted octanol–water partition coefficient (Wildman–Crippen LogP) is 1.67. The second-order valence-electron chi connectivity index (χ2n) is 4.95. The number of aliphatic carboxylic acids is 1. The molecule has 0 saturated carbocycles. The molecule has 1 fully saturated rings. The Kier molecular flexibility index (Phi) is 4.92. The zero-order valence-electron chi connectivity index (χ0n) is 11.3. The van der Waals surface area contributed by atoms with Gasteiger partial charge < -0.3 is 15.3 Å². The topological polar surface area (TPSA) is 69.6 Å². The van der Waals surface area contributed by atoms with E-state index in [9.17, 15) is 9.59 Å². The van der Waals surface area contributed by atoms with Crippen molar-refractivity contribution >= 4 is 29.3 Å². The van der Waals surface area contributed by atoms with Gasteiger partial charge in [-0.2, -0.15) is 0 Å². The van der Waals surface area contributed by atoms with Crippen molar-refractivity contribution in [1.29, 1.82) is 0 Å². The van der Waals surface area contributed by atoms with Crippen LogP contribution in [0.2, 0.25) is 0 Å². The van der Waals surface area contributed by atoms with E-state index in [1.54, 1.807) is 12.1 Å². The molecule has 1 saturated heterocycles. The number of amides is 1. The molecule has 6 heteroatoms. The molecule has 5 nitrogen and oxygen atoms in total. The van der Waals surface area contributed by atoms with Crippen molar-refractivity contribution in [3.63, 3.8) is 0 Å². The van der Waals surface area contributed by atoms with Crippen LogP contribution in [0.4, 0.5) is 0 Å². The lowest BCUT2D eigenvalue weighted by Crippen LogP contribution is -2.46. The molecule has 1 aliphatic rings. The highest BCUT2D eigenvalue weighted by Gasteiger charge is 2.20. The first-order chi connectivity index (χ1) is 9.54. The Morgan fingerprint density at radius 1 is 1.50 bits per heavy atom. The second kappa shape index (κ2) is 6.67. The van der Waals surface area contributed by atoms with Crippen molar-refractivity contribution in [3.05, 3.63) is 28.0 Å². The smallest absolute Gasteiger partial charge is 0.328 e. The molecule has 1 aromatic heterocycles. The van der Waals surface area contributed by atoms with Crippen molar-refractivity contribution in [1.82, 2.24) is 10.2 Å². The standard InChI is InChI=1S/C14H18N2O3S/c1-16-8-2-3-10(9-16)15-14(19)12-6-4-11(20-12)5-7-13(17)18/h4-7,10H,2-3,8-9H2,1H3,(H,15,19)(H,17,18). The van der Waals surface area contributed by atoms with E-state index in [2.05, 4.69) is 17.3 Å². The van der Waals surface area contributed by atoms with Crippen LogP contribution in [0.5, 0.6) is 0 Å². The summed E-state index contributed by atoms with van der Waals surface area (Å²) in [4.78, 5) is 26.1. The molecule has 0 radical (unpaired) electrons. The zero-order chi connectivity index (χ0) is 14.5. The molecule has 0 aromatic carbocycles. The Balaban J connectivity index is 1.94. The maximum absolute atomic E-state index is 12.1. The third-order valence-corrected chi connectivity index (χ3v) is 4.25. The van der Waals surface area contributed by atoms with E-state index >= 15 is 0 Å². The molecule has 0 aliphatic carbocycles. The lowest BCUT2D eigenvalue weighted by atomic mass is 10.1. The van der Waals surface area contributed by atoms with Gasteiger partial charge in [-0.15, -0.1) is 11.3 Å². The van der Waals surface area contributed by atoms with Crippen molar-refractivity contribution < 1.29 is 14.7 Å². The predicted molar refractivity (Wildman–Crippen MR) is 79.0 cm³/mol. The van der Waals surface area contributed by atoms with Gasteiger partial charge in [0, 0.05) is 23.5 Å². The fraction of sp³-hybridized carbons (Fsp3) is 0.429. The van der Waals surface area contributed by atoms with Crippen LogP contribution in [0, 0.1) is 0 Å². The van der Waals surface area contributed by atoms with Crippen molar-refractivity contribution in [2.75, 3.05) is 20.1 Å². The van der Waals surface area contributed by atoms with Gasteiger partial charge in [0.2, 0.25) is 0 Å². The molecular formula is C14H18N2O3S. The van der Waals surface area contributed by atoms with Crippen LogP contribution < -0.4 is 5.32 Å². The third kappa shape index (κ3) is 4.18. The normalized spacial score (nSPS) is 20.1. The molecular weight excluding hydrogens is 276 g/mol. The monoisotopic (exact) mass is 294 g/mol. The molecule has 1 aromatic rings. The molecule has 1 atom stereocenters. The lowest BCUT2D eigenvalue weighted by molar-refractivity contribution is -0.131. The minimum atomic E-state index is -0.991. The van der Waals surface area contributed by atoms with E-state index in [0.29, 0.717) is 4.88 Å². The number of thiophene rings is 1. The highest BCUT2D eigenvalue weighted by molar-refractivity contribution is 7.14. The number of carbonyl (C=O) groups is 2. The first-order valence-electron chi connectivity index (χ1n) is 6.55. The average Bonchev–Trinajstić information content (AvgIpc) is 2.85. The minimum absolute atomic E-state index is 0.0784. The van der Waals surface area contributed by atoms with E-state index < -0.39 is 5.97 Å². The summed E-state index contributed by atoms with van der Waals surface area (Å²) in [6.07, 6.45) is 4.67. The van der Waals surface area contributed by atoms with E-state index in [1.807, 2.05) is 0 Å². The zero-order valence-corrected chi connectivity index (χ0v) is 12.2. The third-order valence-electron chi connectivity index (χ3n) is 3.20. The van der Waals surface area contributed by atoms with E-state index in [4.69, 9.17) is 5.11 Å². The van der Waals surface area contributed by atoms with Gasteiger partial charge in [-0.3, -0.25) is 4.79 Å². The van der Waals surface area contributed by atoms with Crippen LogP contribution in [0.1, 0.15) is 27.4 Å². The molecule has 2 N–H and O–H groups in total. The number of hydrogen-bond donors (Lipinski definition) is 2. The number of rotatable bonds is 4.